The second-order valence-corrected chi connectivity index (χ2v) is 6.57. The topological polar surface area (TPSA) is 6.48 Å². The highest BCUT2D eigenvalue weighted by molar-refractivity contribution is 9.10. The first-order valence-electron chi connectivity index (χ1n) is 7.13. The van der Waals surface area contributed by atoms with E-state index in [-0.39, 0.29) is 5.82 Å². The fourth-order valence-corrected chi connectivity index (χ4v) is 3.65. The summed E-state index contributed by atoms with van der Waals surface area (Å²) in [5, 5.41) is 0. The molecule has 104 valence electrons. The zero-order valence-corrected chi connectivity index (χ0v) is 12.7. The average molecular weight is 327 g/mol. The Bertz CT molecular complexity index is 452. The molecule has 0 amide bonds. The smallest absolute Gasteiger partial charge is 0.128 e. The summed E-state index contributed by atoms with van der Waals surface area (Å²) in [6, 6.07) is 6.09. The maximum atomic E-state index is 13.9. The Morgan fingerprint density at radius 3 is 2.89 bits per heavy atom. The van der Waals surface area contributed by atoms with E-state index in [0.29, 0.717) is 6.04 Å². The fraction of sp³-hybridized carbons (Fsp3) is 0.600. The molecule has 0 aliphatic carbocycles. The monoisotopic (exact) mass is 326 g/mol. The molecule has 2 nitrogen and oxygen atoms in total. The van der Waals surface area contributed by atoms with E-state index in [1.807, 2.05) is 12.1 Å². The Balaban J connectivity index is 1.68. The fourth-order valence-electron chi connectivity index (χ4n) is 3.32. The van der Waals surface area contributed by atoms with Gasteiger partial charge < -0.3 is 0 Å². The predicted octanol–water partition coefficient (Wildman–Crippen LogP) is 3.26. The lowest BCUT2D eigenvalue weighted by Gasteiger charge is -2.25. The first-order valence-corrected chi connectivity index (χ1v) is 7.92. The molecule has 1 atom stereocenters. The third-order valence-corrected chi connectivity index (χ3v) is 4.79. The summed E-state index contributed by atoms with van der Waals surface area (Å²) in [7, 11) is 0. The average Bonchev–Trinajstić information content (AvgIpc) is 2.72. The highest BCUT2D eigenvalue weighted by Gasteiger charge is 2.28. The van der Waals surface area contributed by atoms with Gasteiger partial charge in [-0.2, -0.15) is 0 Å². The Hall–Kier alpha value is -0.450. The van der Waals surface area contributed by atoms with Gasteiger partial charge in [-0.25, -0.2) is 4.39 Å². The van der Waals surface area contributed by atoms with Crippen molar-refractivity contribution < 1.29 is 4.39 Å². The van der Waals surface area contributed by atoms with E-state index in [0.717, 1.165) is 29.7 Å². The summed E-state index contributed by atoms with van der Waals surface area (Å²) in [6.07, 6.45) is 3.83. The third kappa shape index (κ3) is 3.18. The van der Waals surface area contributed by atoms with Crippen LogP contribution in [0.25, 0.3) is 0 Å². The number of benzene rings is 1. The SMILES string of the molecule is Fc1cc(Br)ccc1CN1CCCN2CCCC2C1. The molecule has 1 aromatic rings. The van der Waals surface area contributed by atoms with Gasteiger partial charge in [0.25, 0.3) is 0 Å². The number of nitrogens with zero attached hydrogens (tertiary/aromatic N) is 2. The van der Waals surface area contributed by atoms with Crippen molar-refractivity contribution in [3.63, 3.8) is 0 Å². The molecule has 19 heavy (non-hydrogen) atoms. The van der Waals surface area contributed by atoms with E-state index < -0.39 is 0 Å². The van der Waals surface area contributed by atoms with Crippen LogP contribution in [-0.2, 0) is 6.54 Å². The van der Waals surface area contributed by atoms with Gasteiger partial charge in [0.15, 0.2) is 0 Å². The predicted molar refractivity (Wildman–Crippen MR) is 78.6 cm³/mol. The lowest BCUT2D eigenvalue weighted by Crippen LogP contribution is -2.36. The molecule has 0 aromatic heterocycles. The van der Waals surface area contributed by atoms with Crippen LogP contribution in [0.1, 0.15) is 24.8 Å². The normalized spacial score (nSPS) is 25.3. The Morgan fingerprint density at radius 1 is 1.21 bits per heavy atom. The maximum absolute atomic E-state index is 13.9. The molecule has 2 heterocycles. The van der Waals surface area contributed by atoms with Gasteiger partial charge in [0.1, 0.15) is 5.82 Å². The highest BCUT2D eigenvalue weighted by Crippen LogP contribution is 2.23. The molecular weight excluding hydrogens is 307 g/mol. The van der Waals surface area contributed by atoms with Crippen molar-refractivity contribution in [2.75, 3.05) is 26.2 Å². The minimum atomic E-state index is -0.0955. The molecule has 1 unspecified atom stereocenters. The van der Waals surface area contributed by atoms with Gasteiger partial charge >= 0.3 is 0 Å². The van der Waals surface area contributed by atoms with Crippen LogP contribution in [0.15, 0.2) is 22.7 Å². The molecule has 0 N–H and O–H groups in total. The minimum Gasteiger partial charge on any atom is -0.299 e. The first-order chi connectivity index (χ1) is 9.22. The summed E-state index contributed by atoms with van der Waals surface area (Å²) >= 11 is 3.31. The second-order valence-electron chi connectivity index (χ2n) is 5.66. The first kappa shape index (κ1) is 13.5. The molecule has 2 fully saturated rings. The molecular formula is C15H20BrFN2. The number of hydrogen-bond donors (Lipinski definition) is 0. The van der Waals surface area contributed by atoms with Gasteiger partial charge in [-0.3, -0.25) is 9.80 Å². The van der Waals surface area contributed by atoms with Gasteiger partial charge in [-0.05, 0) is 51.0 Å². The molecule has 0 saturated carbocycles. The Labute approximate surface area is 122 Å². The van der Waals surface area contributed by atoms with Gasteiger partial charge in [0.05, 0.1) is 0 Å². The van der Waals surface area contributed by atoms with Crippen molar-refractivity contribution >= 4 is 15.9 Å². The van der Waals surface area contributed by atoms with Crippen molar-refractivity contribution in [1.29, 1.82) is 0 Å². The van der Waals surface area contributed by atoms with Crippen molar-refractivity contribution in [1.82, 2.24) is 9.80 Å². The van der Waals surface area contributed by atoms with Gasteiger partial charge in [-0.15, -0.1) is 0 Å². The van der Waals surface area contributed by atoms with Gasteiger partial charge in [0.2, 0.25) is 0 Å². The molecule has 0 spiro atoms. The lowest BCUT2D eigenvalue weighted by molar-refractivity contribution is 0.214. The summed E-state index contributed by atoms with van der Waals surface area (Å²) < 4.78 is 14.7. The Morgan fingerprint density at radius 2 is 2.05 bits per heavy atom. The van der Waals surface area contributed by atoms with Gasteiger partial charge in [-0.1, -0.05) is 22.0 Å². The number of rotatable bonds is 2. The van der Waals surface area contributed by atoms with Gasteiger partial charge in [0, 0.05) is 29.2 Å². The summed E-state index contributed by atoms with van der Waals surface area (Å²) in [5.41, 5.74) is 0.814. The van der Waals surface area contributed by atoms with E-state index in [1.165, 1.54) is 32.4 Å². The standard InChI is InChI=1S/C15H20BrFN2/c16-13-5-4-12(15(17)9-13)10-18-6-2-8-19-7-1-3-14(19)11-18/h4-5,9,14H,1-3,6-8,10-11H2. The third-order valence-electron chi connectivity index (χ3n) is 4.30. The van der Waals surface area contributed by atoms with Crippen LogP contribution >= 0.6 is 15.9 Å². The second kappa shape index (κ2) is 5.90. The van der Waals surface area contributed by atoms with Crippen LogP contribution in [-0.4, -0.2) is 42.0 Å². The molecule has 2 aliphatic heterocycles. The molecule has 2 saturated heterocycles. The van der Waals surface area contributed by atoms with E-state index in [4.69, 9.17) is 0 Å². The van der Waals surface area contributed by atoms with Crippen molar-refractivity contribution in [3.05, 3.63) is 34.1 Å². The van der Waals surface area contributed by atoms with Crippen LogP contribution in [0.3, 0.4) is 0 Å². The molecule has 3 rings (SSSR count). The van der Waals surface area contributed by atoms with Crippen LogP contribution < -0.4 is 0 Å². The summed E-state index contributed by atoms with van der Waals surface area (Å²) in [4.78, 5) is 5.03. The van der Waals surface area contributed by atoms with Crippen LogP contribution in [0.2, 0.25) is 0 Å². The van der Waals surface area contributed by atoms with E-state index in [9.17, 15) is 4.39 Å². The molecule has 2 aliphatic rings. The van der Waals surface area contributed by atoms with Crippen LogP contribution in [0.5, 0.6) is 0 Å². The number of fused-ring (bicyclic) bond motifs is 1. The summed E-state index contributed by atoms with van der Waals surface area (Å²) in [5.74, 6) is -0.0955. The zero-order chi connectivity index (χ0) is 13.2. The van der Waals surface area contributed by atoms with E-state index >= 15 is 0 Å². The number of hydrogen-bond acceptors (Lipinski definition) is 2. The molecule has 1 aromatic carbocycles. The van der Waals surface area contributed by atoms with Crippen molar-refractivity contribution in [2.24, 2.45) is 0 Å². The lowest BCUT2D eigenvalue weighted by atomic mass is 10.1. The summed E-state index contributed by atoms with van der Waals surface area (Å²) in [6.45, 7) is 5.39. The highest BCUT2D eigenvalue weighted by atomic mass is 79.9. The molecule has 4 heteroatoms. The Kier molecular flexibility index (Phi) is 4.20. The quantitative estimate of drug-likeness (QED) is 0.823. The minimum absolute atomic E-state index is 0.0955. The largest absolute Gasteiger partial charge is 0.299 e. The number of halogens is 2. The van der Waals surface area contributed by atoms with Crippen molar-refractivity contribution in [2.45, 2.75) is 31.8 Å². The molecule has 0 radical (unpaired) electrons. The van der Waals surface area contributed by atoms with E-state index in [1.54, 1.807) is 6.07 Å². The van der Waals surface area contributed by atoms with E-state index in [2.05, 4.69) is 25.7 Å². The maximum Gasteiger partial charge on any atom is 0.128 e. The van der Waals surface area contributed by atoms with Crippen molar-refractivity contribution in [3.8, 4) is 0 Å². The zero-order valence-electron chi connectivity index (χ0n) is 11.1. The van der Waals surface area contributed by atoms with Crippen LogP contribution in [0.4, 0.5) is 4.39 Å². The molecule has 0 bridgehead atoms. The van der Waals surface area contributed by atoms with Crippen LogP contribution in [0, 0.1) is 5.82 Å².